The van der Waals surface area contributed by atoms with Gasteiger partial charge in [-0.15, -0.1) is 0 Å². The molecule has 86 valence electrons. The van der Waals surface area contributed by atoms with Crippen molar-refractivity contribution in [2.24, 2.45) is 0 Å². The molecule has 0 atom stereocenters. The molecule has 5 heteroatoms. The summed E-state index contributed by atoms with van der Waals surface area (Å²) in [6.07, 6.45) is 3.22. The van der Waals surface area contributed by atoms with E-state index in [-0.39, 0.29) is 5.91 Å². The molecule has 0 bridgehead atoms. The van der Waals surface area contributed by atoms with Crippen molar-refractivity contribution in [3.05, 3.63) is 52.8 Å². The summed E-state index contributed by atoms with van der Waals surface area (Å²) in [6, 6.07) is 8.64. The fourth-order valence-corrected chi connectivity index (χ4v) is 1.72. The van der Waals surface area contributed by atoms with Crippen LogP contribution in [0, 0.1) is 0 Å². The minimum absolute atomic E-state index is 0.241. The predicted molar refractivity (Wildman–Crippen MR) is 70.7 cm³/mol. The Balaban J connectivity index is 2.24. The summed E-state index contributed by atoms with van der Waals surface area (Å²) < 4.78 is 0.725. The lowest BCUT2D eigenvalue weighted by Gasteiger charge is -2.08. The average molecular weight is 292 g/mol. The molecule has 1 heterocycles. The fraction of sp³-hybridized carbons (Fsp3) is 0. The molecule has 3 N–H and O–H groups in total. The molecule has 2 rings (SSSR count). The van der Waals surface area contributed by atoms with Gasteiger partial charge in [0.2, 0.25) is 0 Å². The first kappa shape index (κ1) is 11.6. The van der Waals surface area contributed by atoms with Crippen LogP contribution in [0.5, 0.6) is 0 Å². The van der Waals surface area contributed by atoms with Crippen molar-refractivity contribution in [2.75, 3.05) is 11.1 Å². The van der Waals surface area contributed by atoms with E-state index in [1.807, 2.05) is 0 Å². The number of halogens is 1. The second-order valence-corrected chi connectivity index (χ2v) is 4.25. The standard InChI is InChI=1S/C12H10BrN3O/c13-9-7-15-6-5-11(9)16-12(17)8-3-1-2-4-10(8)14/h1-7H,14H2,(H,15,16,17). The van der Waals surface area contributed by atoms with E-state index in [1.165, 1.54) is 0 Å². The van der Waals surface area contributed by atoms with Crippen molar-refractivity contribution in [3.63, 3.8) is 0 Å². The molecule has 4 nitrogen and oxygen atoms in total. The van der Waals surface area contributed by atoms with Crippen molar-refractivity contribution < 1.29 is 4.79 Å². The summed E-state index contributed by atoms with van der Waals surface area (Å²) in [7, 11) is 0. The fourth-order valence-electron chi connectivity index (χ4n) is 1.37. The van der Waals surface area contributed by atoms with Crippen LogP contribution in [-0.4, -0.2) is 10.9 Å². The van der Waals surface area contributed by atoms with E-state index in [9.17, 15) is 4.79 Å². The van der Waals surface area contributed by atoms with Gasteiger partial charge in [0.15, 0.2) is 0 Å². The van der Waals surface area contributed by atoms with E-state index < -0.39 is 0 Å². The average Bonchev–Trinajstić information content (AvgIpc) is 2.32. The molecule has 1 amide bonds. The Bertz CT molecular complexity index is 557. The number of nitrogens with two attached hydrogens (primary N) is 1. The van der Waals surface area contributed by atoms with Gasteiger partial charge in [-0.25, -0.2) is 0 Å². The molecule has 2 aromatic rings. The molecule has 1 aromatic heterocycles. The summed E-state index contributed by atoms with van der Waals surface area (Å²) >= 11 is 3.31. The van der Waals surface area contributed by atoms with Crippen molar-refractivity contribution in [2.45, 2.75) is 0 Å². The maximum atomic E-state index is 12.0. The van der Waals surface area contributed by atoms with E-state index in [0.29, 0.717) is 16.9 Å². The molecular formula is C12H10BrN3O. The number of hydrogen-bond acceptors (Lipinski definition) is 3. The molecule has 0 unspecified atom stereocenters. The summed E-state index contributed by atoms with van der Waals surface area (Å²) in [5, 5.41) is 2.76. The SMILES string of the molecule is Nc1ccccc1C(=O)Nc1ccncc1Br. The highest BCUT2D eigenvalue weighted by Gasteiger charge is 2.10. The third-order valence-electron chi connectivity index (χ3n) is 2.23. The van der Waals surface area contributed by atoms with Crippen LogP contribution in [0.3, 0.4) is 0 Å². The zero-order valence-electron chi connectivity index (χ0n) is 8.85. The first-order chi connectivity index (χ1) is 8.18. The highest BCUT2D eigenvalue weighted by molar-refractivity contribution is 9.10. The lowest BCUT2D eigenvalue weighted by atomic mass is 10.1. The van der Waals surface area contributed by atoms with Crippen molar-refractivity contribution in [3.8, 4) is 0 Å². The lowest BCUT2D eigenvalue weighted by Crippen LogP contribution is -2.14. The van der Waals surface area contributed by atoms with E-state index in [2.05, 4.69) is 26.2 Å². The van der Waals surface area contributed by atoms with Gasteiger partial charge in [0.25, 0.3) is 5.91 Å². The Hall–Kier alpha value is -1.88. The number of benzene rings is 1. The minimum Gasteiger partial charge on any atom is -0.398 e. The first-order valence-electron chi connectivity index (χ1n) is 4.94. The summed E-state index contributed by atoms with van der Waals surface area (Å²) in [5.74, 6) is -0.241. The first-order valence-corrected chi connectivity index (χ1v) is 5.73. The number of aromatic nitrogens is 1. The molecule has 0 saturated heterocycles. The van der Waals surface area contributed by atoms with Gasteiger partial charge >= 0.3 is 0 Å². The van der Waals surface area contributed by atoms with Gasteiger partial charge in [-0.2, -0.15) is 0 Å². The van der Waals surface area contributed by atoms with Crippen LogP contribution >= 0.6 is 15.9 Å². The second-order valence-electron chi connectivity index (χ2n) is 3.40. The van der Waals surface area contributed by atoms with Gasteiger partial charge in [-0.1, -0.05) is 12.1 Å². The van der Waals surface area contributed by atoms with Crippen LogP contribution in [0.4, 0.5) is 11.4 Å². The van der Waals surface area contributed by atoms with Crippen molar-refractivity contribution in [1.82, 2.24) is 4.98 Å². The normalized spacial score (nSPS) is 9.94. The Kier molecular flexibility index (Phi) is 3.39. The number of nitrogens with zero attached hydrogens (tertiary/aromatic N) is 1. The Morgan fingerprint density at radius 3 is 2.76 bits per heavy atom. The van der Waals surface area contributed by atoms with Crippen LogP contribution in [0.25, 0.3) is 0 Å². The van der Waals surface area contributed by atoms with E-state index in [4.69, 9.17) is 5.73 Å². The number of rotatable bonds is 2. The largest absolute Gasteiger partial charge is 0.398 e. The quantitative estimate of drug-likeness (QED) is 0.836. The second kappa shape index (κ2) is 4.97. The minimum atomic E-state index is -0.241. The zero-order valence-corrected chi connectivity index (χ0v) is 10.4. The molecule has 0 aliphatic heterocycles. The van der Waals surface area contributed by atoms with Gasteiger partial charge in [0.1, 0.15) is 0 Å². The highest BCUT2D eigenvalue weighted by Crippen LogP contribution is 2.21. The maximum absolute atomic E-state index is 12.0. The number of amides is 1. The monoisotopic (exact) mass is 291 g/mol. The maximum Gasteiger partial charge on any atom is 0.257 e. The van der Waals surface area contributed by atoms with Gasteiger partial charge < -0.3 is 11.1 Å². The van der Waals surface area contributed by atoms with Gasteiger partial charge in [-0.3, -0.25) is 9.78 Å². The Labute approximate surface area is 107 Å². The van der Waals surface area contributed by atoms with Crippen LogP contribution in [0.2, 0.25) is 0 Å². The molecule has 0 fully saturated rings. The number of pyridine rings is 1. The number of nitrogens with one attached hydrogen (secondary N) is 1. The molecular weight excluding hydrogens is 282 g/mol. The summed E-state index contributed by atoms with van der Waals surface area (Å²) in [5.41, 5.74) is 7.30. The van der Waals surface area contributed by atoms with Crippen LogP contribution in [0.15, 0.2) is 47.2 Å². The number of carbonyl (C=O) groups excluding carboxylic acids is 1. The topological polar surface area (TPSA) is 68.0 Å². The summed E-state index contributed by atoms with van der Waals surface area (Å²) in [4.78, 5) is 15.9. The zero-order chi connectivity index (χ0) is 12.3. The van der Waals surface area contributed by atoms with Crippen molar-refractivity contribution in [1.29, 1.82) is 0 Å². The number of hydrogen-bond donors (Lipinski definition) is 2. The third kappa shape index (κ3) is 2.62. The number of anilines is 2. The number of nitrogen functional groups attached to an aromatic ring is 1. The van der Waals surface area contributed by atoms with Crippen molar-refractivity contribution >= 4 is 33.2 Å². The molecule has 0 aliphatic rings. The van der Waals surface area contributed by atoms with E-state index >= 15 is 0 Å². The number of carbonyl (C=O) groups is 1. The van der Waals surface area contributed by atoms with E-state index in [1.54, 1.807) is 42.7 Å². The molecule has 0 spiro atoms. The predicted octanol–water partition coefficient (Wildman–Crippen LogP) is 2.68. The van der Waals surface area contributed by atoms with Crippen LogP contribution < -0.4 is 11.1 Å². The smallest absolute Gasteiger partial charge is 0.257 e. The van der Waals surface area contributed by atoms with Crippen LogP contribution in [-0.2, 0) is 0 Å². The molecule has 17 heavy (non-hydrogen) atoms. The lowest BCUT2D eigenvalue weighted by molar-refractivity contribution is 0.102. The van der Waals surface area contributed by atoms with Gasteiger partial charge in [0.05, 0.1) is 15.7 Å². The van der Waals surface area contributed by atoms with Gasteiger partial charge in [-0.05, 0) is 34.1 Å². The van der Waals surface area contributed by atoms with Gasteiger partial charge in [0, 0.05) is 18.1 Å². The van der Waals surface area contributed by atoms with E-state index in [0.717, 1.165) is 4.47 Å². The number of para-hydroxylation sites is 1. The summed E-state index contributed by atoms with van der Waals surface area (Å²) in [6.45, 7) is 0. The Morgan fingerprint density at radius 2 is 2.06 bits per heavy atom. The third-order valence-corrected chi connectivity index (χ3v) is 2.86. The van der Waals surface area contributed by atoms with Crippen LogP contribution in [0.1, 0.15) is 10.4 Å². The highest BCUT2D eigenvalue weighted by atomic mass is 79.9. The molecule has 1 aromatic carbocycles. The Morgan fingerprint density at radius 1 is 1.29 bits per heavy atom. The molecule has 0 saturated carbocycles. The molecule has 0 aliphatic carbocycles. The molecule has 0 radical (unpaired) electrons.